The number of rotatable bonds is 2. The van der Waals surface area contributed by atoms with Crippen molar-refractivity contribution in [2.75, 3.05) is 6.61 Å². The molecule has 2 aromatic rings. The van der Waals surface area contributed by atoms with Gasteiger partial charge in [-0.05, 0) is 12.1 Å². The summed E-state index contributed by atoms with van der Waals surface area (Å²) < 4.78 is 3.01. The number of aliphatic hydroxyl groups is 3. The maximum absolute atomic E-state index is 12.5. The van der Waals surface area contributed by atoms with Gasteiger partial charge in [0, 0.05) is 0 Å². The molecule has 0 saturated carbocycles. The molecule has 0 fully saturated rings. The van der Waals surface area contributed by atoms with Crippen LogP contribution in [0.2, 0.25) is 0 Å². The minimum atomic E-state index is -1.31. The number of hydrogen-bond acceptors (Lipinski definition) is 5. The zero-order valence-electron chi connectivity index (χ0n) is 11.0. The average Bonchev–Trinajstić information content (AvgIpc) is 2.73. The van der Waals surface area contributed by atoms with E-state index in [1.165, 1.54) is 0 Å². The van der Waals surface area contributed by atoms with E-state index in [9.17, 15) is 24.9 Å². The summed E-state index contributed by atoms with van der Waals surface area (Å²) in [6, 6.07) is 7.29. The van der Waals surface area contributed by atoms with Gasteiger partial charge in [0.1, 0.15) is 18.2 Å². The van der Waals surface area contributed by atoms with Crippen LogP contribution in [0.1, 0.15) is 6.04 Å². The molecule has 8 heteroatoms. The maximum Gasteiger partial charge on any atom is 0.352 e. The molecule has 0 radical (unpaired) electrons. The third-order valence-electron chi connectivity index (χ3n) is 3.72. The SMILES string of the molecule is O=c1n(-c2ccccc2)c(=O)n2n1C[C@H](O)[C@H](O)[C@H]2CO. The second kappa shape index (κ2) is 4.99. The predicted molar refractivity (Wildman–Crippen MR) is 72.4 cm³/mol. The Balaban J connectivity index is 2.27. The predicted octanol–water partition coefficient (Wildman–Crippen LogP) is -1.93. The van der Waals surface area contributed by atoms with Crippen LogP contribution >= 0.6 is 0 Å². The molecule has 8 nitrogen and oxygen atoms in total. The first-order valence-corrected chi connectivity index (χ1v) is 6.53. The Bertz CT molecular complexity index is 760. The van der Waals surface area contributed by atoms with Gasteiger partial charge in [0.05, 0.1) is 18.8 Å². The number of para-hydroxylation sites is 1. The van der Waals surface area contributed by atoms with Crippen molar-refractivity contribution in [2.45, 2.75) is 24.8 Å². The van der Waals surface area contributed by atoms with Gasteiger partial charge >= 0.3 is 11.4 Å². The molecule has 0 amide bonds. The summed E-state index contributed by atoms with van der Waals surface area (Å²) in [5, 5.41) is 29.0. The van der Waals surface area contributed by atoms with Crippen LogP contribution in [0.15, 0.2) is 39.9 Å². The molecular formula is C13H15N3O5. The van der Waals surface area contributed by atoms with Crippen molar-refractivity contribution >= 4 is 0 Å². The highest BCUT2D eigenvalue weighted by atomic mass is 16.3. The second-order valence-corrected chi connectivity index (χ2v) is 4.97. The van der Waals surface area contributed by atoms with Crippen LogP contribution in [0.25, 0.3) is 5.69 Å². The van der Waals surface area contributed by atoms with E-state index in [0.29, 0.717) is 5.69 Å². The minimum absolute atomic E-state index is 0.203. The molecule has 112 valence electrons. The van der Waals surface area contributed by atoms with Gasteiger partial charge in [-0.2, -0.15) is 0 Å². The van der Waals surface area contributed by atoms with Gasteiger partial charge < -0.3 is 15.3 Å². The van der Waals surface area contributed by atoms with E-state index in [2.05, 4.69) is 0 Å². The van der Waals surface area contributed by atoms with Crippen molar-refractivity contribution in [3.63, 3.8) is 0 Å². The fourth-order valence-corrected chi connectivity index (χ4v) is 2.65. The fraction of sp³-hybridized carbons (Fsp3) is 0.385. The molecule has 3 atom stereocenters. The molecule has 21 heavy (non-hydrogen) atoms. The van der Waals surface area contributed by atoms with E-state index >= 15 is 0 Å². The van der Waals surface area contributed by atoms with E-state index in [1.54, 1.807) is 30.3 Å². The zero-order valence-corrected chi connectivity index (χ0v) is 11.0. The fourth-order valence-electron chi connectivity index (χ4n) is 2.65. The van der Waals surface area contributed by atoms with Crippen molar-refractivity contribution < 1.29 is 15.3 Å². The lowest BCUT2D eigenvalue weighted by Crippen LogP contribution is -2.51. The Labute approximate surface area is 118 Å². The Morgan fingerprint density at radius 3 is 2.38 bits per heavy atom. The van der Waals surface area contributed by atoms with E-state index in [4.69, 9.17) is 0 Å². The largest absolute Gasteiger partial charge is 0.394 e. The van der Waals surface area contributed by atoms with Crippen LogP contribution in [-0.4, -0.2) is 48.1 Å². The summed E-state index contributed by atoms with van der Waals surface area (Å²) in [6.07, 6.45) is -2.52. The molecule has 1 aliphatic heterocycles. The quantitative estimate of drug-likeness (QED) is 0.597. The summed E-state index contributed by atoms with van der Waals surface area (Å²) in [6.45, 7) is -0.762. The van der Waals surface area contributed by atoms with Crippen molar-refractivity contribution in [1.29, 1.82) is 0 Å². The monoisotopic (exact) mass is 293 g/mol. The smallest absolute Gasteiger partial charge is 0.352 e. The average molecular weight is 293 g/mol. The highest BCUT2D eigenvalue weighted by Crippen LogP contribution is 2.18. The van der Waals surface area contributed by atoms with E-state index in [1.807, 2.05) is 0 Å². The van der Waals surface area contributed by atoms with Crippen LogP contribution in [0.3, 0.4) is 0 Å². The zero-order chi connectivity index (χ0) is 15.1. The van der Waals surface area contributed by atoms with Gasteiger partial charge in [0.15, 0.2) is 0 Å². The molecule has 1 aromatic heterocycles. The molecule has 2 heterocycles. The number of aliphatic hydroxyl groups excluding tert-OH is 3. The van der Waals surface area contributed by atoms with Gasteiger partial charge in [-0.25, -0.2) is 23.5 Å². The van der Waals surface area contributed by atoms with Gasteiger partial charge in [-0.15, -0.1) is 0 Å². The molecule has 0 aliphatic carbocycles. The van der Waals surface area contributed by atoms with Crippen molar-refractivity contribution in [3.05, 3.63) is 51.3 Å². The molecule has 1 aromatic carbocycles. The normalized spacial score (nSPS) is 24.8. The van der Waals surface area contributed by atoms with Gasteiger partial charge in [0.25, 0.3) is 0 Å². The third kappa shape index (κ3) is 1.96. The van der Waals surface area contributed by atoms with Crippen LogP contribution in [0, 0.1) is 0 Å². The molecule has 1 aliphatic rings. The first-order chi connectivity index (χ1) is 10.1. The molecule has 0 spiro atoms. The van der Waals surface area contributed by atoms with Gasteiger partial charge in [0.2, 0.25) is 0 Å². The number of aromatic nitrogens is 3. The van der Waals surface area contributed by atoms with Crippen LogP contribution < -0.4 is 11.4 Å². The molecule has 0 bridgehead atoms. The Kier molecular flexibility index (Phi) is 3.28. The van der Waals surface area contributed by atoms with E-state index < -0.39 is 36.2 Å². The van der Waals surface area contributed by atoms with Crippen LogP contribution in [0.5, 0.6) is 0 Å². The highest BCUT2D eigenvalue weighted by Gasteiger charge is 2.37. The van der Waals surface area contributed by atoms with E-state index in [0.717, 1.165) is 13.9 Å². The Morgan fingerprint density at radius 2 is 1.76 bits per heavy atom. The third-order valence-corrected chi connectivity index (χ3v) is 3.72. The van der Waals surface area contributed by atoms with Crippen molar-refractivity contribution in [3.8, 4) is 5.69 Å². The topological polar surface area (TPSA) is 110 Å². The first-order valence-electron chi connectivity index (χ1n) is 6.53. The molecule has 3 rings (SSSR count). The number of hydrogen-bond donors (Lipinski definition) is 3. The lowest BCUT2D eigenvalue weighted by Gasteiger charge is -2.32. The van der Waals surface area contributed by atoms with Gasteiger partial charge in [-0.1, -0.05) is 18.2 Å². The summed E-state index contributed by atoms with van der Waals surface area (Å²) in [5.41, 5.74) is -0.880. The molecule has 3 N–H and O–H groups in total. The lowest BCUT2D eigenvalue weighted by atomic mass is 10.0. The summed E-state index contributed by atoms with van der Waals surface area (Å²) in [5.74, 6) is 0. The Morgan fingerprint density at radius 1 is 1.10 bits per heavy atom. The van der Waals surface area contributed by atoms with Crippen molar-refractivity contribution in [2.24, 2.45) is 0 Å². The standard InChI is InChI=1S/C13H15N3O5/c17-7-9-11(19)10(18)6-14-12(20)15(13(21)16(9)14)8-4-2-1-3-5-8/h1-5,9-11,17-19H,6-7H2/t9-,10+,11-/m1/s1. The highest BCUT2D eigenvalue weighted by molar-refractivity contribution is 5.30. The van der Waals surface area contributed by atoms with Crippen LogP contribution in [-0.2, 0) is 6.54 Å². The number of nitrogens with zero attached hydrogens (tertiary/aromatic N) is 3. The lowest BCUT2D eigenvalue weighted by molar-refractivity contribution is -0.0692. The number of fused-ring (bicyclic) bond motifs is 1. The maximum atomic E-state index is 12.5. The van der Waals surface area contributed by atoms with Crippen molar-refractivity contribution in [1.82, 2.24) is 13.9 Å². The number of benzene rings is 1. The minimum Gasteiger partial charge on any atom is -0.394 e. The molecule has 0 saturated heterocycles. The van der Waals surface area contributed by atoms with Crippen LogP contribution in [0.4, 0.5) is 0 Å². The molecular weight excluding hydrogens is 278 g/mol. The Hall–Kier alpha value is -2.16. The first kappa shape index (κ1) is 13.8. The summed E-state index contributed by atoms with van der Waals surface area (Å²) in [7, 11) is 0. The molecule has 0 unspecified atom stereocenters. The summed E-state index contributed by atoms with van der Waals surface area (Å²) in [4.78, 5) is 24.8. The second-order valence-electron chi connectivity index (χ2n) is 4.97. The van der Waals surface area contributed by atoms with E-state index in [-0.39, 0.29) is 6.54 Å². The van der Waals surface area contributed by atoms with Gasteiger partial charge in [-0.3, -0.25) is 0 Å². The summed E-state index contributed by atoms with van der Waals surface area (Å²) >= 11 is 0.